The summed E-state index contributed by atoms with van der Waals surface area (Å²) in [6.07, 6.45) is 0. The molecule has 3 aromatic heterocycles. The summed E-state index contributed by atoms with van der Waals surface area (Å²) in [7, 11) is 0. The van der Waals surface area contributed by atoms with Gasteiger partial charge in [-0.15, -0.1) is 11.3 Å². The van der Waals surface area contributed by atoms with Crippen molar-refractivity contribution >= 4 is 69.7 Å². The van der Waals surface area contributed by atoms with E-state index in [2.05, 4.69) is 235 Å². The zero-order valence-corrected chi connectivity index (χ0v) is 35.6. The Balaban J connectivity index is 0.961. The van der Waals surface area contributed by atoms with Crippen molar-refractivity contribution in [1.82, 2.24) is 9.38 Å². The lowest BCUT2D eigenvalue weighted by Crippen LogP contribution is -1.93. The van der Waals surface area contributed by atoms with Gasteiger partial charge in [0.1, 0.15) is 0 Å². The van der Waals surface area contributed by atoms with E-state index in [-0.39, 0.29) is 0 Å². The average Bonchev–Trinajstić information content (AvgIpc) is 3.96. The quantitative estimate of drug-likeness (QED) is 0.153. The van der Waals surface area contributed by atoms with Crippen molar-refractivity contribution in [2.24, 2.45) is 0 Å². The Morgan fingerprint density at radius 2 is 0.781 bits per heavy atom. The smallest absolute Gasteiger partial charge is 0.156 e. The summed E-state index contributed by atoms with van der Waals surface area (Å²) in [5.74, 6) is 0. The zero-order valence-electron chi connectivity index (χ0n) is 34.7. The van der Waals surface area contributed by atoms with Gasteiger partial charge in [0.25, 0.3) is 0 Å². The van der Waals surface area contributed by atoms with Gasteiger partial charge in [-0.2, -0.15) is 0 Å². The number of benzene rings is 10. The van der Waals surface area contributed by atoms with Gasteiger partial charge in [-0.25, -0.2) is 4.98 Å². The van der Waals surface area contributed by atoms with Gasteiger partial charge in [-0.1, -0.05) is 194 Å². The third-order valence-corrected chi connectivity index (χ3v) is 14.2. The van der Waals surface area contributed by atoms with E-state index in [9.17, 15) is 0 Å². The average molecular weight is 831 g/mol. The molecule has 0 saturated heterocycles. The molecular weight excluding hydrogens is 793 g/mol. The monoisotopic (exact) mass is 830 g/mol. The number of fused-ring (bicyclic) bond motifs is 11. The summed E-state index contributed by atoms with van der Waals surface area (Å²) < 4.78 is 4.88. The normalized spacial score (nSPS) is 11.8. The third-order valence-electron chi connectivity index (χ3n) is 13.0. The van der Waals surface area contributed by atoms with Crippen LogP contribution in [0.2, 0.25) is 0 Å². The number of rotatable bonds is 6. The van der Waals surface area contributed by atoms with E-state index in [4.69, 9.17) is 4.98 Å². The lowest BCUT2D eigenvalue weighted by molar-refractivity contribution is 1.25. The lowest BCUT2D eigenvalue weighted by Gasteiger charge is -2.14. The van der Waals surface area contributed by atoms with Crippen LogP contribution in [0.4, 0.5) is 0 Å². The number of aromatic nitrogens is 2. The van der Waals surface area contributed by atoms with Crippen molar-refractivity contribution in [3.63, 3.8) is 0 Å². The molecule has 3 heteroatoms. The van der Waals surface area contributed by atoms with E-state index in [1.165, 1.54) is 97.4 Å². The maximum Gasteiger partial charge on any atom is 0.156 e. The number of hydrogen-bond acceptors (Lipinski definition) is 2. The highest BCUT2D eigenvalue weighted by Gasteiger charge is 2.20. The highest BCUT2D eigenvalue weighted by Crippen LogP contribution is 2.43. The molecule has 3 heterocycles. The predicted molar refractivity (Wildman–Crippen MR) is 273 cm³/mol. The van der Waals surface area contributed by atoms with Crippen LogP contribution in [0.3, 0.4) is 0 Å². The Kier molecular flexibility index (Phi) is 8.43. The number of thiophene rings is 1. The van der Waals surface area contributed by atoms with Crippen LogP contribution in [-0.2, 0) is 0 Å². The van der Waals surface area contributed by atoms with Gasteiger partial charge in [0.05, 0.1) is 21.4 Å². The van der Waals surface area contributed by atoms with E-state index in [0.29, 0.717) is 0 Å². The van der Waals surface area contributed by atoms with Crippen LogP contribution in [-0.4, -0.2) is 9.38 Å². The summed E-state index contributed by atoms with van der Waals surface area (Å²) in [5, 5.41) is 7.41. The molecule has 0 N–H and O–H groups in total. The maximum absolute atomic E-state index is 5.52. The van der Waals surface area contributed by atoms with Crippen molar-refractivity contribution in [2.45, 2.75) is 0 Å². The second-order valence-corrected chi connectivity index (χ2v) is 17.8. The summed E-state index contributed by atoms with van der Waals surface area (Å²) in [5.41, 5.74) is 17.4. The highest BCUT2D eigenvalue weighted by molar-refractivity contribution is 7.26. The molecule has 13 rings (SSSR count). The Morgan fingerprint density at radius 1 is 0.312 bits per heavy atom. The first kappa shape index (κ1) is 36.5. The maximum atomic E-state index is 5.52. The first-order chi connectivity index (χ1) is 31.7. The fourth-order valence-corrected chi connectivity index (χ4v) is 10.9. The Labute approximate surface area is 374 Å². The summed E-state index contributed by atoms with van der Waals surface area (Å²) >= 11 is 1.83. The number of imidazole rings is 1. The van der Waals surface area contributed by atoms with Crippen LogP contribution in [0.15, 0.2) is 231 Å². The first-order valence-electron chi connectivity index (χ1n) is 21.8. The minimum absolute atomic E-state index is 1.00. The Hall–Kier alpha value is -8.11. The van der Waals surface area contributed by atoms with Crippen LogP contribution in [0.5, 0.6) is 0 Å². The second-order valence-electron chi connectivity index (χ2n) is 16.7. The molecule has 0 radical (unpaired) electrons. The molecule has 0 aliphatic heterocycles. The van der Waals surface area contributed by atoms with Crippen molar-refractivity contribution in [1.29, 1.82) is 0 Å². The van der Waals surface area contributed by atoms with Crippen LogP contribution in [0, 0.1) is 0 Å². The van der Waals surface area contributed by atoms with Crippen LogP contribution < -0.4 is 0 Å². The fraction of sp³-hybridized carbons (Fsp3) is 0. The third kappa shape index (κ3) is 6.05. The molecule has 2 nitrogen and oxygen atoms in total. The molecule has 10 aromatic carbocycles. The van der Waals surface area contributed by atoms with Gasteiger partial charge in [-0.05, 0) is 114 Å². The molecule has 0 spiro atoms. The number of nitrogens with zero attached hydrogens (tertiary/aromatic N) is 2. The van der Waals surface area contributed by atoms with Crippen molar-refractivity contribution in [3.8, 4) is 66.9 Å². The van der Waals surface area contributed by atoms with Gasteiger partial charge in [0.15, 0.2) is 5.65 Å². The molecule has 0 amide bonds. The highest BCUT2D eigenvalue weighted by atomic mass is 32.1. The lowest BCUT2D eigenvalue weighted by atomic mass is 9.91. The van der Waals surface area contributed by atoms with Crippen molar-refractivity contribution < 1.29 is 0 Å². The molecule has 0 bridgehead atoms. The largest absolute Gasteiger partial charge is 0.291 e. The van der Waals surface area contributed by atoms with E-state index in [0.717, 1.165) is 27.9 Å². The minimum atomic E-state index is 1.00. The fourth-order valence-electron chi connectivity index (χ4n) is 9.75. The Bertz CT molecular complexity index is 3800. The summed E-state index contributed by atoms with van der Waals surface area (Å²) in [6.45, 7) is 0. The standard InChI is InChI=1S/C61H38N2S/c1-3-11-39(12-4-1)41-19-23-43(24-20-41)48-35-49(44-25-21-42(22-26-44)40-13-5-2-6-14-40)37-50(36-48)45-27-29-47(30-28-45)57-38-55-53-17-9-10-18-58(53)64-60(55)61-62-59-54-32-31-46-15-7-8-16-51(46)52(54)33-34-56(59)63(57)61/h1-38H. The molecule has 0 fully saturated rings. The van der Waals surface area contributed by atoms with Gasteiger partial charge < -0.3 is 0 Å². The van der Waals surface area contributed by atoms with Crippen LogP contribution >= 0.6 is 11.3 Å². The van der Waals surface area contributed by atoms with Crippen LogP contribution in [0.1, 0.15) is 0 Å². The zero-order chi connectivity index (χ0) is 42.1. The Morgan fingerprint density at radius 3 is 1.38 bits per heavy atom. The van der Waals surface area contributed by atoms with E-state index >= 15 is 0 Å². The summed E-state index contributed by atoms with van der Waals surface area (Å²) in [4.78, 5) is 5.52. The molecule has 64 heavy (non-hydrogen) atoms. The molecule has 13 aromatic rings. The minimum Gasteiger partial charge on any atom is -0.291 e. The molecule has 0 saturated carbocycles. The number of pyridine rings is 1. The topological polar surface area (TPSA) is 17.3 Å². The molecule has 298 valence electrons. The number of hydrogen-bond donors (Lipinski definition) is 0. The van der Waals surface area contributed by atoms with E-state index in [1.54, 1.807) is 0 Å². The van der Waals surface area contributed by atoms with Crippen molar-refractivity contribution in [2.75, 3.05) is 0 Å². The molecule has 0 aliphatic carbocycles. The molecule has 0 aliphatic rings. The van der Waals surface area contributed by atoms with Gasteiger partial charge in [0.2, 0.25) is 0 Å². The summed E-state index contributed by atoms with van der Waals surface area (Å²) in [6, 6.07) is 84.2. The van der Waals surface area contributed by atoms with Crippen molar-refractivity contribution in [3.05, 3.63) is 231 Å². The molecule has 0 unspecified atom stereocenters. The van der Waals surface area contributed by atoms with Crippen LogP contribution in [0.25, 0.3) is 125 Å². The van der Waals surface area contributed by atoms with Gasteiger partial charge in [-0.3, -0.25) is 4.40 Å². The molecular formula is C61H38N2S. The predicted octanol–water partition coefficient (Wildman–Crippen LogP) is 17.2. The van der Waals surface area contributed by atoms with E-state index in [1.807, 2.05) is 11.3 Å². The van der Waals surface area contributed by atoms with Gasteiger partial charge in [0, 0.05) is 20.9 Å². The van der Waals surface area contributed by atoms with Gasteiger partial charge >= 0.3 is 0 Å². The van der Waals surface area contributed by atoms with E-state index < -0.39 is 0 Å². The first-order valence-corrected chi connectivity index (χ1v) is 22.7. The molecule has 0 atom stereocenters. The SMILES string of the molecule is c1ccc(-c2ccc(-c3cc(-c4ccc(-c5ccccc5)cc4)cc(-c4ccc(-c5cc6c7ccccc7sc6c6nc7c8ccc9ccccc9c8ccc7n56)cc4)c3)cc2)cc1. The second kappa shape index (κ2) is 14.8.